The normalized spacial score (nSPS) is 12.2. The number of carbonyl (C=O) groups is 1. The minimum absolute atomic E-state index is 0.385. The van der Waals surface area contributed by atoms with Crippen molar-refractivity contribution in [3.05, 3.63) is 65.4 Å². The van der Waals surface area contributed by atoms with Crippen LogP contribution in [0.25, 0.3) is 22.0 Å². The summed E-state index contributed by atoms with van der Waals surface area (Å²) in [6, 6.07) is 13.8. The van der Waals surface area contributed by atoms with Gasteiger partial charge in [0.1, 0.15) is 0 Å². The SMILES string of the molecule is NC(=O)c1cc2cccnc2c2c1-c1ccccc1C2. The zero-order valence-electron chi connectivity index (χ0n) is 10.8. The Labute approximate surface area is 116 Å². The van der Waals surface area contributed by atoms with Gasteiger partial charge in [0.25, 0.3) is 0 Å². The lowest BCUT2D eigenvalue weighted by Crippen LogP contribution is -2.13. The van der Waals surface area contributed by atoms with Gasteiger partial charge >= 0.3 is 0 Å². The predicted molar refractivity (Wildman–Crippen MR) is 78.5 cm³/mol. The molecule has 20 heavy (non-hydrogen) atoms. The molecule has 0 fully saturated rings. The lowest BCUT2D eigenvalue weighted by molar-refractivity contribution is 0.100. The number of primary amides is 1. The number of carbonyl (C=O) groups excluding carboxylic acids is 1. The molecular formula is C17H12N2O. The van der Waals surface area contributed by atoms with E-state index < -0.39 is 0 Å². The molecule has 3 heteroatoms. The quantitative estimate of drug-likeness (QED) is 0.572. The molecule has 96 valence electrons. The predicted octanol–water partition coefficient (Wildman–Crippen LogP) is 2.90. The smallest absolute Gasteiger partial charge is 0.249 e. The molecule has 0 radical (unpaired) electrons. The van der Waals surface area contributed by atoms with E-state index in [2.05, 4.69) is 11.1 Å². The molecule has 1 heterocycles. The summed E-state index contributed by atoms with van der Waals surface area (Å²) in [5.41, 5.74) is 11.5. The van der Waals surface area contributed by atoms with Crippen LogP contribution >= 0.6 is 0 Å². The lowest BCUT2D eigenvalue weighted by atomic mass is 9.96. The van der Waals surface area contributed by atoms with Gasteiger partial charge in [-0.1, -0.05) is 30.3 Å². The van der Waals surface area contributed by atoms with Gasteiger partial charge in [-0.25, -0.2) is 0 Å². The van der Waals surface area contributed by atoms with E-state index >= 15 is 0 Å². The average Bonchev–Trinajstić information content (AvgIpc) is 2.86. The number of fused-ring (bicyclic) bond motifs is 5. The van der Waals surface area contributed by atoms with Crippen LogP contribution in [-0.4, -0.2) is 10.9 Å². The molecule has 0 atom stereocenters. The molecule has 0 saturated carbocycles. The lowest BCUT2D eigenvalue weighted by Gasteiger charge is -2.09. The number of benzene rings is 2. The first kappa shape index (κ1) is 11.2. The van der Waals surface area contributed by atoms with Crippen molar-refractivity contribution in [2.45, 2.75) is 6.42 Å². The molecule has 3 aromatic rings. The van der Waals surface area contributed by atoms with Crippen LogP contribution in [0.4, 0.5) is 0 Å². The number of pyridine rings is 1. The van der Waals surface area contributed by atoms with Crippen molar-refractivity contribution in [3.8, 4) is 11.1 Å². The van der Waals surface area contributed by atoms with E-state index in [1.165, 1.54) is 5.56 Å². The third-order valence-electron chi connectivity index (χ3n) is 3.92. The Hall–Kier alpha value is -2.68. The number of aromatic nitrogens is 1. The zero-order valence-corrected chi connectivity index (χ0v) is 10.8. The Bertz CT molecular complexity index is 868. The van der Waals surface area contributed by atoms with Gasteiger partial charge in [-0.2, -0.15) is 0 Å². The standard InChI is InChI=1S/C17H12N2O/c18-17(20)14-9-11-5-3-7-19-16(11)13-8-10-4-1-2-6-12(10)15(13)14/h1-7,9H,8H2,(H2,18,20). The molecule has 2 aromatic carbocycles. The Balaban J connectivity index is 2.17. The summed E-state index contributed by atoms with van der Waals surface area (Å²) in [5.74, 6) is -0.385. The summed E-state index contributed by atoms with van der Waals surface area (Å²) in [7, 11) is 0. The first-order valence-electron chi connectivity index (χ1n) is 6.54. The van der Waals surface area contributed by atoms with E-state index in [-0.39, 0.29) is 5.91 Å². The van der Waals surface area contributed by atoms with Gasteiger partial charge in [0.05, 0.1) is 5.52 Å². The van der Waals surface area contributed by atoms with Crippen molar-refractivity contribution in [1.82, 2.24) is 4.98 Å². The molecule has 0 aliphatic heterocycles. The highest BCUT2D eigenvalue weighted by atomic mass is 16.1. The molecule has 1 aromatic heterocycles. The molecule has 0 spiro atoms. The largest absolute Gasteiger partial charge is 0.366 e. The first-order chi connectivity index (χ1) is 9.75. The fourth-order valence-electron chi connectivity index (χ4n) is 3.08. The minimum atomic E-state index is -0.385. The summed E-state index contributed by atoms with van der Waals surface area (Å²) in [6.45, 7) is 0. The van der Waals surface area contributed by atoms with Crippen LogP contribution in [0.3, 0.4) is 0 Å². The van der Waals surface area contributed by atoms with Gasteiger partial charge in [-0.3, -0.25) is 9.78 Å². The van der Waals surface area contributed by atoms with Crippen molar-refractivity contribution < 1.29 is 4.79 Å². The Kier molecular flexibility index (Phi) is 2.18. The molecule has 0 bridgehead atoms. The molecule has 4 rings (SSSR count). The van der Waals surface area contributed by atoms with Crippen molar-refractivity contribution >= 4 is 16.8 Å². The maximum absolute atomic E-state index is 11.8. The Morgan fingerprint density at radius 1 is 1.15 bits per heavy atom. The summed E-state index contributed by atoms with van der Waals surface area (Å²) in [6.07, 6.45) is 2.59. The van der Waals surface area contributed by atoms with Crippen LogP contribution in [0.2, 0.25) is 0 Å². The first-order valence-corrected chi connectivity index (χ1v) is 6.54. The van der Waals surface area contributed by atoms with Crippen LogP contribution < -0.4 is 5.73 Å². The fourth-order valence-corrected chi connectivity index (χ4v) is 3.08. The van der Waals surface area contributed by atoms with Crippen LogP contribution in [0.5, 0.6) is 0 Å². The Morgan fingerprint density at radius 3 is 2.85 bits per heavy atom. The maximum Gasteiger partial charge on any atom is 0.249 e. The van der Waals surface area contributed by atoms with Crippen molar-refractivity contribution in [2.24, 2.45) is 5.73 Å². The van der Waals surface area contributed by atoms with E-state index in [1.54, 1.807) is 6.20 Å². The highest BCUT2D eigenvalue weighted by Crippen LogP contribution is 2.41. The Morgan fingerprint density at radius 2 is 2.00 bits per heavy atom. The van der Waals surface area contributed by atoms with E-state index in [0.717, 1.165) is 34.0 Å². The number of rotatable bonds is 1. The van der Waals surface area contributed by atoms with Gasteiger partial charge in [0.15, 0.2) is 0 Å². The molecule has 1 aliphatic carbocycles. The van der Waals surface area contributed by atoms with Gasteiger partial charge < -0.3 is 5.73 Å². The zero-order chi connectivity index (χ0) is 13.7. The number of amides is 1. The third kappa shape index (κ3) is 1.40. The summed E-state index contributed by atoms with van der Waals surface area (Å²) in [5, 5.41) is 0.966. The van der Waals surface area contributed by atoms with Crippen molar-refractivity contribution in [3.63, 3.8) is 0 Å². The molecule has 0 saturated heterocycles. The van der Waals surface area contributed by atoms with Crippen LogP contribution in [0.15, 0.2) is 48.7 Å². The van der Waals surface area contributed by atoms with E-state index in [9.17, 15) is 4.79 Å². The van der Waals surface area contributed by atoms with Gasteiger partial charge in [-0.05, 0) is 28.8 Å². The van der Waals surface area contributed by atoms with Crippen molar-refractivity contribution in [1.29, 1.82) is 0 Å². The highest BCUT2D eigenvalue weighted by molar-refractivity contribution is 6.07. The molecule has 3 nitrogen and oxygen atoms in total. The third-order valence-corrected chi connectivity index (χ3v) is 3.92. The second-order valence-corrected chi connectivity index (χ2v) is 5.05. The molecule has 2 N–H and O–H groups in total. The molecular weight excluding hydrogens is 248 g/mol. The number of hydrogen-bond acceptors (Lipinski definition) is 2. The maximum atomic E-state index is 11.8. The second kappa shape index (κ2) is 3.90. The fraction of sp³-hybridized carbons (Fsp3) is 0.0588. The number of hydrogen-bond donors (Lipinski definition) is 1. The van der Waals surface area contributed by atoms with E-state index in [1.807, 2.05) is 36.4 Å². The van der Waals surface area contributed by atoms with Crippen molar-refractivity contribution in [2.75, 3.05) is 0 Å². The summed E-state index contributed by atoms with van der Waals surface area (Å²) < 4.78 is 0. The van der Waals surface area contributed by atoms with Crippen LogP contribution in [0, 0.1) is 0 Å². The van der Waals surface area contributed by atoms with Gasteiger partial charge in [0, 0.05) is 29.1 Å². The molecule has 1 aliphatic rings. The summed E-state index contributed by atoms with van der Waals surface area (Å²) >= 11 is 0. The number of nitrogens with two attached hydrogens (primary N) is 1. The molecule has 1 amide bonds. The van der Waals surface area contributed by atoms with E-state index in [0.29, 0.717) is 5.56 Å². The average molecular weight is 260 g/mol. The van der Waals surface area contributed by atoms with E-state index in [4.69, 9.17) is 5.73 Å². The van der Waals surface area contributed by atoms with Gasteiger partial charge in [-0.15, -0.1) is 0 Å². The molecule has 0 unspecified atom stereocenters. The summed E-state index contributed by atoms with van der Waals surface area (Å²) in [4.78, 5) is 16.3. The second-order valence-electron chi connectivity index (χ2n) is 5.05. The topological polar surface area (TPSA) is 56.0 Å². The monoisotopic (exact) mass is 260 g/mol. The van der Waals surface area contributed by atoms with Crippen LogP contribution in [-0.2, 0) is 6.42 Å². The van der Waals surface area contributed by atoms with Crippen LogP contribution in [0.1, 0.15) is 21.5 Å². The van der Waals surface area contributed by atoms with Gasteiger partial charge in [0.2, 0.25) is 5.91 Å². The minimum Gasteiger partial charge on any atom is -0.366 e. The highest BCUT2D eigenvalue weighted by Gasteiger charge is 2.25. The number of nitrogens with zero attached hydrogens (tertiary/aromatic N) is 1.